The number of nitro groups is 1. The fourth-order valence-corrected chi connectivity index (χ4v) is 3.04. The van der Waals surface area contributed by atoms with Crippen molar-refractivity contribution in [3.05, 3.63) is 63.2 Å². The monoisotopic (exact) mass is 400 g/mol. The zero-order valence-electron chi connectivity index (χ0n) is 14.8. The van der Waals surface area contributed by atoms with Crippen LogP contribution in [0.4, 0.5) is 16.3 Å². The number of hydrogen-bond donors (Lipinski definition) is 1. The second-order valence-electron chi connectivity index (χ2n) is 5.82. The lowest BCUT2D eigenvalue weighted by molar-refractivity contribution is -0.385. The van der Waals surface area contributed by atoms with E-state index in [1.165, 1.54) is 12.3 Å². The molecule has 10 heteroatoms. The second-order valence-corrected chi connectivity index (χ2v) is 6.84. The lowest BCUT2D eigenvalue weighted by Gasteiger charge is -2.18. The third-order valence-corrected chi connectivity index (χ3v) is 4.66. The van der Waals surface area contributed by atoms with Crippen molar-refractivity contribution in [2.45, 2.75) is 0 Å². The smallest absolute Gasteiger partial charge is 0.290 e. The van der Waals surface area contributed by atoms with E-state index in [2.05, 4.69) is 10.3 Å². The largest absolute Gasteiger partial charge is 0.492 e. The van der Waals surface area contributed by atoms with Gasteiger partial charge in [0.2, 0.25) is 0 Å². The van der Waals surface area contributed by atoms with Crippen LogP contribution in [0, 0.1) is 10.1 Å². The molecule has 144 valence electrons. The van der Waals surface area contributed by atoms with Gasteiger partial charge < -0.3 is 9.64 Å². The molecular formula is C18H16N4O5S. The van der Waals surface area contributed by atoms with Gasteiger partial charge in [0.25, 0.3) is 16.8 Å². The fourth-order valence-electron chi connectivity index (χ4n) is 2.36. The van der Waals surface area contributed by atoms with Crippen molar-refractivity contribution < 1.29 is 19.2 Å². The van der Waals surface area contributed by atoms with Gasteiger partial charge in [-0.3, -0.25) is 25.0 Å². The second kappa shape index (κ2) is 8.53. The minimum Gasteiger partial charge on any atom is -0.492 e. The molecule has 2 heterocycles. The first kappa shape index (κ1) is 19.4. The number of hydrogen-bond acceptors (Lipinski definition) is 8. The lowest BCUT2D eigenvalue weighted by atomic mass is 10.2. The van der Waals surface area contributed by atoms with E-state index in [4.69, 9.17) is 4.74 Å². The minimum atomic E-state index is -0.491. The van der Waals surface area contributed by atoms with Gasteiger partial charge in [-0.15, -0.1) is 0 Å². The van der Waals surface area contributed by atoms with Crippen molar-refractivity contribution >= 4 is 40.5 Å². The number of nitrogens with one attached hydrogen (secondary N) is 1. The Morgan fingerprint density at radius 1 is 1.25 bits per heavy atom. The normalized spacial score (nSPS) is 14.8. The fraction of sp³-hybridized carbons (Fsp3) is 0.167. The zero-order chi connectivity index (χ0) is 20.1. The first-order chi connectivity index (χ1) is 13.4. The quantitative estimate of drug-likeness (QED) is 0.429. The van der Waals surface area contributed by atoms with E-state index < -0.39 is 10.8 Å². The minimum absolute atomic E-state index is 0.0543. The molecule has 0 aliphatic carbocycles. The van der Waals surface area contributed by atoms with Crippen LogP contribution in [0.15, 0.2) is 47.5 Å². The molecule has 1 fully saturated rings. The number of ether oxygens (including phenoxy) is 1. The highest BCUT2D eigenvalue weighted by Crippen LogP contribution is 2.26. The maximum absolute atomic E-state index is 11.5. The number of amides is 2. The van der Waals surface area contributed by atoms with E-state index in [0.717, 1.165) is 17.3 Å². The molecule has 0 bridgehead atoms. The van der Waals surface area contributed by atoms with Gasteiger partial charge in [0.05, 0.1) is 16.4 Å². The highest BCUT2D eigenvalue weighted by atomic mass is 32.2. The summed E-state index contributed by atoms with van der Waals surface area (Å²) in [4.78, 5) is 39.1. The van der Waals surface area contributed by atoms with E-state index >= 15 is 0 Å². The topological polar surface area (TPSA) is 115 Å². The van der Waals surface area contributed by atoms with Crippen LogP contribution in [-0.2, 0) is 4.79 Å². The van der Waals surface area contributed by atoms with E-state index in [1.54, 1.807) is 36.4 Å². The van der Waals surface area contributed by atoms with E-state index in [0.29, 0.717) is 29.6 Å². The predicted octanol–water partition coefficient (Wildman–Crippen LogP) is 2.83. The van der Waals surface area contributed by atoms with Gasteiger partial charge >= 0.3 is 0 Å². The van der Waals surface area contributed by atoms with Crippen LogP contribution in [-0.4, -0.2) is 41.3 Å². The molecule has 2 aromatic rings. The maximum Gasteiger partial charge on any atom is 0.290 e. The Balaban J connectivity index is 1.51. The Kier molecular flexibility index (Phi) is 5.90. The lowest BCUT2D eigenvalue weighted by Crippen LogP contribution is -2.24. The van der Waals surface area contributed by atoms with Crippen LogP contribution in [0.25, 0.3) is 6.08 Å². The molecule has 1 aromatic carbocycles. The molecule has 0 unspecified atom stereocenters. The number of aromatic nitrogens is 1. The third kappa shape index (κ3) is 4.86. The van der Waals surface area contributed by atoms with E-state index in [1.807, 2.05) is 11.9 Å². The zero-order valence-corrected chi connectivity index (χ0v) is 15.6. The third-order valence-electron chi connectivity index (χ3n) is 3.85. The van der Waals surface area contributed by atoms with Crippen LogP contribution in [0.1, 0.15) is 5.56 Å². The Bertz CT molecular complexity index is 928. The number of imide groups is 1. The standard InChI is InChI=1S/C18H16N4O5S/c1-21(16-7-4-13(11-19-16)22(25)26)8-9-27-14-5-2-12(3-6-14)10-15-17(23)20-18(24)28-15/h2-7,10-11H,8-9H2,1H3,(H,20,23,24)/b15-10+. The van der Waals surface area contributed by atoms with Crippen molar-refractivity contribution in [3.63, 3.8) is 0 Å². The van der Waals surface area contributed by atoms with Crippen LogP contribution < -0.4 is 15.0 Å². The summed E-state index contributed by atoms with van der Waals surface area (Å²) in [6, 6.07) is 10.1. The molecule has 1 N–H and O–H groups in total. The van der Waals surface area contributed by atoms with Gasteiger partial charge in [0, 0.05) is 13.1 Å². The average Bonchev–Trinajstić information content (AvgIpc) is 3.00. The van der Waals surface area contributed by atoms with Gasteiger partial charge in [-0.25, -0.2) is 4.98 Å². The van der Waals surface area contributed by atoms with Crippen LogP contribution >= 0.6 is 11.8 Å². The molecule has 1 aliphatic rings. The number of thioether (sulfide) groups is 1. The van der Waals surface area contributed by atoms with E-state index in [9.17, 15) is 19.7 Å². The van der Waals surface area contributed by atoms with Crippen LogP contribution in [0.5, 0.6) is 5.75 Å². The summed E-state index contributed by atoms with van der Waals surface area (Å²) in [6.07, 6.45) is 2.86. The molecule has 9 nitrogen and oxygen atoms in total. The molecule has 0 saturated carbocycles. The summed E-state index contributed by atoms with van der Waals surface area (Å²) in [5, 5.41) is 12.5. The molecule has 1 aromatic heterocycles. The number of benzene rings is 1. The Morgan fingerprint density at radius 2 is 2.00 bits per heavy atom. The molecule has 28 heavy (non-hydrogen) atoms. The number of nitrogens with zero attached hydrogens (tertiary/aromatic N) is 3. The Morgan fingerprint density at radius 3 is 2.57 bits per heavy atom. The van der Waals surface area contributed by atoms with Crippen molar-refractivity contribution in [2.24, 2.45) is 0 Å². The summed E-state index contributed by atoms with van der Waals surface area (Å²) in [7, 11) is 1.82. The number of anilines is 1. The van der Waals surface area contributed by atoms with Crippen LogP contribution in [0.2, 0.25) is 0 Å². The number of carbonyl (C=O) groups excluding carboxylic acids is 2. The molecule has 1 aliphatic heterocycles. The van der Waals surface area contributed by atoms with Crippen molar-refractivity contribution in [1.29, 1.82) is 0 Å². The average molecular weight is 400 g/mol. The molecule has 0 atom stereocenters. The number of pyridine rings is 1. The molecule has 1 saturated heterocycles. The summed E-state index contributed by atoms with van der Waals surface area (Å²) in [5.41, 5.74) is 0.730. The summed E-state index contributed by atoms with van der Waals surface area (Å²) < 4.78 is 5.69. The molecule has 0 radical (unpaired) electrons. The predicted molar refractivity (Wildman–Crippen MR) is 105 cm³/mol. The maximum atomic E-state index is 11.5. The highest BCUT2D eigenvalue weighted by Gasteiger charge is 2.24. The first-order valence-corrected chi connectivity index (χ1v) is 9.03. The molecule has 3 rings (SSSR count). The Hall–Kier alpha value is -3.40. The Labute approximate surface area is 164 Å². The SMILES string of the molecule is CN(CCOc1ccc(/C=C2/SC(=O)NC2=O)cc1)c1ccc([N+](=O)[O-])cn1. The van der Waals surface area contributed by atoms with Crippen molar-refractivity contribution in [1.82, 2.24) is 10.3 Å². The summed E-state index contributed by atoms with van der Waals surface area (Å²) in [6.45, 7) is 0.928. The first-order valence-electron chi connectivity index (χ1n) is 8.21. The summed E-state index contributed by atoms with van der Waals surface area (Å²) in [5.74, 6) is 0.878. The van der Waals surface area contributed by atoms with Crippen molar-refractivity contribution in [3.8, 4) is 5.75 Å². The molecular weight excluding hydrogens is 384 g/mol. The molecule has 0 spiro atoms. The summed E-state index contributed by atoms with van der Waals surface area (Å²) >= 11 is 0.872. The van der Waals surface area contributed by atoms with Gasteiger partial charge in [0.15, 0.2) is 0 Å². The molecule has 2 amide bonds. The van der Waals surface area contributed by atoms with Crippen LogP contribution in [0.3, 0.4) is 0 Å². The van der Waals surface area contributed by atoms with Gasteiger partial charge in [-0.2, -0.15) is 0 Å². The highest BCUT2D eigenvalue weighted by molar-refractivity contribution is 8.18. The van der Waals surface area contributed by atoms with Gasteiger partial charge in [0.1, 0.15) is 24.4 Å². The number of carbonyl (C=O) groups is 2. The van der Waals surface area contributed by atoms with E-state index in [-0.39, 0.29) is 10.9 Å². The van der Waals surface area contributed by atoms with Crippen molar-refractivity contribution in [2.75, 3.05) is 25.1 Å². The number of likely N-dealkylation sites (N-methyl/N-ethyl adjacent to an activating group) is 1. The van der Waals surface area contributed by atoms with Gasteiger partial charge in [-0.1, -0.05) is 12.1 Å². The van der Waals surface area contributed by atoms with Gasteiger partial charge in [-0.05, 0) is 41.6 Å². The number of rotatable bonds is 7.